The number of thioether (sulfide) groups is 1. The average Bonchev–Trinajstić information content (AvgIpc) is 2.71. The zero-order valence-electron chi connectivity index (χ0n) is 8.70. The first-order valence-electron chi connectivity index (χ1n) is 5.26. The fourth-order valence-corrected chi connectivity index (χ4v) is 3.57. The number of rotatable bonds is 2. The second kappa shape index (κ2) is 4.20. The van der Waals surface area contributed by atoms with Gasteiger partial charge >= 0.3 is 0 Å². The molecule has 2 atom stereocenters. The van der Waals surface area contributed by atoms with Crippen LogP contribution in [0.15, 0.2) is 0 Å². The monoisotopic (exact) mass is 200 g/mol. The molecule has 0 bridgehead atoms. The summed E-state index contributed by atoms with van der Waals surface area (Å²) in [5, 5.41) is 0.850. The highest BCUT2D eigenvalue weighted by molar-refractivity contribution is 7.99. The van der Waals surface area contributed by atoms with Crippen molar-refractivity contribution >= 4 is 11.8 Å². The third kappa shape index (κ3) is 2.03. The highest BCUT2D eigenvalue weighted by Gasteiger charge is 2.35. The smallest absolute Gasteiger partial charge is 0.0354 e. The standard InChI is InChI=1S/C10H20N2S/c1-11-7-9(10(8-11)13-2)12-5-3-4-6-12/h9-10H,3-8H2,1-2H3. The predicted molar refractivity (Wildman–Crippen MR) is 59.4 cm³/mol. The van der Waals surface area contributed by atoms with Gasteiger partial charge in [0.15, 0.2) is 0 Å². The van der Waals surface area contributed by atoms with Gasteiger partial charge in [-0.15, -0.1) is 0 Å². The minimum atomic E-state index is 0.836. The molecule has 0 aromatic carbocycles. The molecule has 2 aliphatic heterocycles. The predicted octanol–water partition coefficient (Wildman–Crippen LogP) is 1.13. The SMILES string of the molecule is CSC1CN(C)CC1N1CCCC1. The van der Waals surface area contributed by atoms with E-state index in [4.69, 9.17) is 0 Å². The Bertz CT molecular complexity index is 166. The van der Waals surface area contributed by atoms with E-state index in [2.05, 4.69) is 23.1 Å². The minimum Gasteiger partial charge on any atom is -0.304 e. The molecule has 0 aromatic rings. The number of likely N-dealkylation sites (N-methyl/N-ethyl adjacent to an activating group) is 1. The maximum Gasteiger partial charge on any atom is 0.0354 e. The summed E-state index contributed by atoms with van der Waals surface area (Å²) in [6, 6.07) is 0.836. The minimum absolute atomic E-state index is 0.836. The second-order valence-corrected chi connectivity index (χ2v) is 5.38. The summed E-state index contributed by atoms with van der Waals surface area (Å²) in [5.74, 6) is 0. The quantitative estimate of drug-likeness (QED) is 0.660. The molecule has 13 heavy (non-hydrogen) atoms. The van der Waals surface area contributed by atoms with Crippen LogP contribution in [0.3, 0.4) is 0 Å². The molecule has 2 nitrogen and oxygen atoms in total. The molecule has 2 rings (SSSR count). The van der Waals surface area contributed by atoms with Crippen LogP contribution in [0.25, 0.3) is 0 Å². The van der Waals surface area contributed by atoms with Crippen molar-refractivity contribution in [1.82, 2.24) is 9.80 Å². The summed E-state index contributed by atoms with van der Waals surface area (Å²) in [7, 11) is 2.25. The van der Waals surface area contributed by atoms with Crippen molar-refractivity contribution in [3.05, 3.63) is 0 Å². The van der Waals surface area contributed by atoms with Crippen molar-refractivity contribution in [2.45, 2.75) is 24.1 Å². The largest absolute Gasteiger partial charge is 0.304 e. The Morgan fingerprint density at radius 2 is 1.85 bits per heavy atom. The van der Waals surface area contributed by atoms with Crippen molar-refractivity contribution in [2.75, 3.05) is 39.5 Å². The van der Waals surface area contributed by atoms with Crippen LogP contribution in [0.4, 0.5) is 0 Å². The van der Waals surface area contributed by atoms with Gasteiger partial charge < -0.3 is 4.90 Å². The maximum absolute atomic E-state index is 2.70. The third-order valence-corrected chi connectivity index (χ3v) is 4.40. The molecule has 0 spiro atoms. The molecule has 2 heterocycles. The van der Waals surface area contributed by atoms with E-state index in [1.54, 1.807) is 0 Å². The van der Waals surface area contributed by atoms with Crippen LogP contribution in [0.2, 0.25) is 0 Å². The molecule has 0 N–H and O–H groups in total. The van der Waals surface area contributed by atoms with E-state index in [0.717, 1.165) is 11.3 Å². The molecule has 2 saturated heterocycles. The van der Waals surface area contributed by atoms with Crippen molar-refractivity contribution in [3.8, 4) is 0 Å². The topological polar surface area (TPSA) is 6.48 Å². The number of likely N-dealkylation sites (tertiary alicyclic amines) is 2. The van der Waals surface area contributed by atoms with E-state index < -0.39 is 0 Å². The van der Waals surface area contributed by atoms with Gasteiger partial charge in [-0.05, 0) is 39.2 Å². The molecule has 3 heteroatoms. The van der Waals surface area contributed by atoms with Gasteiger partial charge in [0.25, 0.3) is 0 Å². The third-order valence-electron chi connectivity index (χ3n) is 3.33. The lowest BCUT2D eigenvalue weighted by molar-refractivity contribution is 0.245. The first kappa shape index (κ1) is 9.81. The first-order chi connectivity index (χ1) is 6.31. The molecule has 2 aliphatic rings. The van der Waals surface area contributed by atoms with Gasteiger partial charge in [0.05, 0.1) is 0 Å². The molecule has 0 amide bonds. The molecule has 2 unspecified atom stereocenters. The van der Waals surface area contributed by atoms with Gasteiger partial charge in [0.2, 0.25) is 0 Å². The lowest BCUT2D eigenvalue weighted by Gasteiger charge is -2.27. The van der Waals surface area contributed by atoms with Crippen LogP contribution < -0.4 is 0 Å². The lowest BCUT2D eigenvalue weighted by Crippen LogP contribution is -2.40. The van der Waals surface area contributed by atoms with E-state index in [0.29, 0.717) is 0 Å². The Balaban J connectivity index is 1.96. The van der Waals surface area contributed by atoms with Gasteiger partial charge in [-0.3, -0.25) is 4.90 Å². The van der Waals surface area contributed by atoms with Crippen LogP contribution in [0.5, 0.6) is 0 Å². The average molecular weight is 200 g/mol. The number of hydrogen-bond donors (Lipinski definition) is 0. The van der Waals surface area contributed by atoms with Crippen LogP contribution >= 0.6 is 11.8 Å². The van der Waals surface area contributed by atoms with Crippen LogP contribution in [0, 0.1) is 0 Å². The molecule has 0 aromatic heterocycles. The maximum atomic E-state index is 2.70. The second-order valence-electron chi connectivity index (χ2n) is 4.31. The van der Waals surface area contributed by atoms with Gasteiger partial charge in [-0.2, -0.15) is 11.8 Å². The summed E-state index contributed by atoms with van der Waals surface area (Å²) < 4.78 is 0. The molecular weight excluding hydrogens is 180 g/mol. The fraction of sp³-hybridized carbons (Fsp3) is 1.00. The van der Waals surface area contributed by atoms with Crippen molar-refractivity contribution < 1.29 is 0 Å². The van der Waals surface area contributed by atoms with E-state index >= 15 is 0 Å². The van der Waals surface area contributed by atoms with Crippen molar-refractivity contribution in [1.29, 1.82) is 0 Å². The molecule has 0 radical (unpaired) electrons. The zero-order chi connectivity index (χ0) is 9.26. The van der Waals surface area contributed by atoms with Crippen LogP contribution in [-0.4, -0.2) is 60.6 Å². The lowest BCUT2D eigenvalue weighted by atomic mass is 10.2. The highest BCUT2D eigenvalue weighted by Crippen LogP contribution is 2.26. The van der Waals surface area contributed by atoms with Gasteiger partial charge in [0.1, 0.15) is 0 Å². The molecule has 2 fully saturated rings. The Morgan fingerprint density at radius 1 is 1.15 bits per heavy atom. The summed E-state index contributed by atoms with van der Waals surface area (Å²) in [6.07, 6.45) is 5.09. The Hall–Kier alpha value is 0.270. The molecular formula is C10H20N2S. The molecule has 0 aliphatic carbocycles. The van der Waals surface area contributed by atoms with Crippen LogP contribution in [0.1, 0.15) is 12.8 Å². The Kier molecular flexibility index (Phi) is 3.17. The van der Waals surface area contributed by atoms with E-state index in [1.165, 1.54) is 39.0 Å². The van der Waals surface area contributed by atoms with E-state index in [1.807, 2.05) is 11.8 Å². The van der Waals surface area contributed by atoms with Crippen molar-refractivity contribution in [3.63, 3.8) is 0 Å². The summed E-state index contributed by atoms with van der Waals surface area (Å²) in [5.41, 5.74) is 0. The van der Waals surface area contributed by atoms with Crippen molar-refractivity contribution in [2.24, 2.45) is 0 Å². The summed E-state index contributed by atoms with van der Waals surface area (Å²) >= 11 is 2.05. The summed E-state index contributed by atoms with van der Waals surface area (Å²) in [4.78, 5) is 5.18. The Morgan fingerprint density at radius 3 is 2.46 bits per heavy atom. The fourth-order valence-electron chi connectivity index (χ4n) is 2.60. The number of nitrogens with zero attached hydrogens (tertiary/aromatic N) is 2. The van der Waals surface area contributed by atoms with Crippen LogP contribution in [-0.2, 0) is 0 Å². The first-order valence-corrected chi connectivity index (χ1v) is 6.55. The van der Waals surface area contributed by atoms with E-state index in [-0.39, 0.29) is 0 Å². The van der Waals surface area contributed by atoms with Gasteiger partial charge in [-0.25, -0.2) is 0 Å². The summed E-state index contributed by atoms with van der Waals surface area (Å²) in [6.45, 7) is 5.25. The Labute approximate surface area is 85.7 Å². The van der Waals surface area contributed by atoms with E-state index in [9.17, 15) is 0 Å². The molecule has 76 valence electrons. The highest BCUT2D eigenvalue weighted by atomic mass is 32.2. The number of hydrogen-bond acceptors (Lipinski definition) is 3. The van der Waals surface area contributed by atoms with Gasteiger partial charge in [0, 0.05) is 24.4 Å². The molecule has 0 saturated carbocycles. The zero-order valence-corrected chi connectivity index (χ0v) is 9.52. The normalized spacial score (nSPS) is 37.4. The van der Waals surface area contributed by atoms with Gasteiger partial charge in [-0.1, -0.05) is 0 Å².